The summed E-state index contributed by atoms with van der Waals surface area (Å²) in [5.74, 6) is 1.21. The molecule has 3 aromatic rings. The zero-order chi connectivity index (χ0) is 17.7. The molecule has 0 saturated heterocycles. The van der Waals surface area contributed by atoms with E-state index in [1.54, 1.807) is 19.2 Å². The van der Waals surface area contributed by atoms with Crippen LogP contribution >= 0.6 is 0 Å². The van der Waals surface area contributed by atoms with E-state index >= 15 is 0 Å². The Bertz CT molecular complexity index is 997. The molecule has 128 valence electrons. The van der Waals surface area contributed by atoms with Gasteiger partial charge in [0.05, 0.1) is 19.9 Å². The largest absolute Gasteiger partial charge is 0.504 e. The number of aromatic hydroxyl groups is 2. The summed E-state index contributed by atoms with van der Waals surface area (Å²) in [6.07, 6.45) is 0. The summed E-state index contributed by atoms with van der Waals surface area (Å²) in [7, 11) is 5.06. The Morgan fingerprint density at radius 3 is 2.36 bits per heavy atom. The van der Waals surface area contributed by atoms with Crippen LogP contribution in [0.25, 0.3) is 21.9 Å². The first kappa shape index (κ1) is 15.4. The number of hydrogen-bond donors (Lipinski definition) is 2. The van der Waals surface area contributed by atoms with Crippen LogP contribution in [0.15, 0.2) is 36.4 Å². The highest BCUT2D eigenvalue weighted by Crippen LogP contribution is 2.48. The molecule has 0 atom stereocenters. The second-order valence-corrected chi connectivity index (χ2v) is 6.21. The van der Waals surface area contributed by atoms with Gasteiger partial charge in [0.15, 0.2) is 23.0 Å². The topological polar surface area (TPSA) is 62.2 Å². The summed E-state index contributed by atoms with van der Waals surface area (Å²) in [5.41, 5.74) is 3.85. The Kier molecular flexibility index (Phi) is 3.39. The minimum Gasteiger partial charge on any atom is -0.504 e. The normalized spacial score (nSPS) is 12.7. The predicted molar refractivity (Wildman–Crippen MR) is 97.9 cm³/mol. The number of anilines is 1. The molecular formula is C20H19NO4. The SMILES string of the molecule is COc1cc2ccc3c(c2cc1O)N(C)Cc1c-3ccc(OC)c1O. The third-order valence-electron chi connectivity index (χ3n) is 4.82. The van der Waals surface area contributed by atoms with Gasteiger partial charge in [-0.25, -0.2) is 0 Å². The molecule has 5 heteroatoms. The van der Waals surface area contributed by atoms with Crippen molar-refractivity contribution in [3.05, 3.63) is 42.0 Å². The number of nitrogens with zero attached hydrogens (tertiary/aromatic N) is 1. The van der Waals surface area contributed by atoms with Gasteiger partial charge in [0.1, 0.15) is 0 Å². The molecule has 0 radical (unpaired) electrons. The molecule has 0 amide bonds. The third-order valence-corrected chi connectivity index (χ3v) is 4.82. The lowest BCUT2D eigenvalue weighted by molar-refractivity contribution is 0.370. The van der Waals surface area contributed by atoms with Gasteiger partial charge >= 0.3 is 0 Å². The Hall–Kier alpha value is -3.08. The van der Waals surface area contributed by atoms with Gasteiger partial charge in [-0.15, -0.1) is 0 Å². The molecule has 0 saturated carbocycles. The van der Waals surface area contributed by atoms with Crippen molar-refractivity contribution in [2.45, 2.75) is 6.54 Å². The van der Waals surface area contributed by atoms with E-state index in [0.717, 1.165) is 33.2 Å². The van der Waals surface area contributed by atoms with E-state index < -0.39 is 0 Å². The van der Waals surface area contributed by atoms with Crippen molar-refractivity contribution in [2.75, 3.05) is 26.2 Å². The van der Waals surface area contributed by atoms with Crippen molar-refractivity contribution in [3.8, 4) is 34.1 Å². The van der Waals surface area contributed by atoms with Gasteiger partial charge < -0.3 is 24.6 Å². The number of ether oxygens (including phenoxy) is 2. The molecule has 0 fully saturated rings. The lowest BCUT2D eigenvalue weighted by Crippen LogP contribution is -2.22. The van der Waals surface area contributed by atoms with Crippen molar-refractivity contribution in [3.63, 3.8) is 0 Å². The zero-order valence-corrected chi connectivity index (χ0v) is 14.3. The maximum absolute atomic E-state index is 10.5. The smallest absolute Gasteiger partial charge is 0.163 e. The summed E-state index contributed by atoms with van der Waals surface area (Å²) < 4.78 is 10.4. The Balaban J connectivity index is 2.03. The molecule has 1 heterocycles. The molecule has 2 N–H and O–H groups in total. The molecule has 0 aromatic heterocycles. The van der Waals surface area contributed by atoms with Crippen molar-refractivity contribution in [1.82, 2.24) is 0 Å². The van der Waals surface area contributed by atoms with E-state index in [1.165, 1.54) is 7.11 Å². The van der Waals surface area contributed by atoms with Crippen LogP contribution in [-0.4, -0.2) is 31.5 Å². The van der Waals surface area contributed by atoms with Crippen LogP contribution < -0.4 is 14.4 Å². The number of hydrogen-bond acceptors (Lipinski definition) is 5. The molecule has 0 spiro atoms. The molecule has 1 aliphatic rings. The van der Waals surface area contributed by atoms with Gasteiger partial charge in [-0.1, -0.05) is 12.1 Å². The van der Waals surface area contributed by atoms with Gasteiger partial charge in [0, 0.05) is 30.1 Å². The second kappa shape index (κ2) is 5.48. The summed E-state index contributed by atoms with van der Waals surface area (Å²) in [5, 5.41) is 22.6. The first-order valence-electron chi connectivity index (χ1n) is 7.99. The zero-order valence-electron chi connectivity index (χ0n) is 14.3. The molecule has 0 unspecified atom stereocenters. The maximum atomic E-state index is 10.5. The Morgan fingerprint density at radius 2 is 1.64 bits per heavy atom. The van der Waals surface area contributed by atoms with Gasteiger partial charge in [-0.3, -0.25) is 0 Å². The highest BCUT2D eigenvalue weighted by molar-refractivity contribution is 6.05. The predicted octanol–water partition coefficient (Wildman–Crippen LogP) is 3.89. The van der Waals surface area contributed by atoms with Crippen molar-refractivity contribution in [1.29, 1.82) is 0 Å². The highest BCUT2D eigenvalue weighted by Gasteiger charge is 2.26. The van der Waals surface area contributed by atoms with Gasteiger partial charge in [-0.2, -0.15) is 0 Å². The number of phenolic OH excluding ortho intramolecular Hbond substituents is 2. The van der Waals surface area contributed by atoms with E-state index in [2.05, 4.69) is 4.90 Å². The summed E-state index contributed by atoms with van der Waals surface area (Å²) in [6, 6.07) is 11.3. The fourth-order valence-electron chi connectivity index (χ4n) is 3.62. The molecule has 1 aliphatic heterocycles. The van der Waals surface area contributed by atoms with Crippen LogP contribution in [0.3, 0.4) is 0 Å². The molecule has 3 aromatic carbocycles. The minimum atomic E-state index is 0.111. The first-order valence-corrected chi connectivity index (χ1v) is 7.99. The van der Waals surface area contributed by atoms with Gasteiger partial charge in [0.2, 0.25) is 0 Å². The fourth-order valence-corrected chi connectivity index (χ4v) is 3.62. The number of rotatable bonds is 2. The van der Waals surface area contributed by atoms with Gasteiger partial charge in [0.25, 0.3) is 0 Å². The standard InChI is InChI=1S/C20H19NO4/c1-21-10-15-12(6-7-17(24-2)20(15)23)13-5-4-11-8-18(25-3)16(22)9-14(11)19(13)21/h4-9,22-23H,10H2,1-3H3. The van der Waals surface area contributed by atoms with E-state index in [9.17, 15) is 10.2 Å². The molecule has 25 heavy (non-hydrogen) atoms. The van der Waals surface area contributed by atoms with Crippen LogP contribution in [0.4, 0.5) is 5.69 Å². The molecule has 0 bridgehead atoms. The lowest BCUT2D eigenvalue weighted by Gasteiger charge is -2.31. The molecule has 4 rings (SSSR count). The summed E-state index contributed by atoms with van der Waals surface area (Å²) >= 11 is 0. The van der Waals surface area contributed by atoms with Crippen LogP contribution in [0, 0.1) is 0 Å². The fraction of sp³-hybridized carbons (Fsp3) is 0.200. The first-order chi connectivity index (χ1) is 12.0. The number of fused-ring (bicyclic) bond motifs is 5. The average molecular weight is 337 g/mol. The number of methoxy groups -OCH3 is 2. The van der Waals surface area contributed by atoms with E-state index in [-0.39, 0.29) is 11.5 Å². The van der Waals surface area contributed by atoms with Crippen molar-refractivity contribution in [2.24, 2.45) is 0 Å². The summed E-state index contributed by atoms with van der Waals surface area (Å²) in [4.78, 5) is 2.07. The third kappa shape index (κ3) is 2.16. The summed E-state index contributed by atoms with van der Waals surface area (Å²) in [6.45, 7) is 0.553. The monoisotopic (exact) mass is 337 g/mol. The molecule has 5 nitrogen and oxygen atoms in total. The number of phenols is 2. The van der Waals surface area contributed by atoms with Crippen LogP contribution in [0.5, 0.6) is 23.0 Å². The van der Waals surface area contributed by atoms with E-state index in [0.29, 0.717) is 18.0 Å². The molecule has 0 aliphatic carbocycles. The quantitative estimate of drug-likeness (QED) is 0.743. The van der Waals surface area contributed by atoms with Crippen LogP contribution in [0.2, 0.25) is 0 Å². The Morgan fingerprint density at radius 1 is 0.920 bits per heavy atom. The van der Waals surface area contributed by atoms with E-state index in [1.807, 2.05) is 31.3 Å². The minimum absolute atomic E-state index is 0.111. The average Bonchev–Trinajstić information content (AvgIpc) is 2.61. The molecular weight excluding hydrogens is 318 g/mol. The highest BCUT2D eigenvalue weighted by atomic mass is 16.5. The van der Waals surface area contributed by atoms with E-state index in [4.69, 9.17) is 9.47 Å². The maximum Gasteiger partial charge on any atom is 0.163 e. The van der Waals surface area contributed by atoms with Crippen molar-refractivity contribution >= 4 is 16.5 Å². The lowest BCUT2D eigenvalue weighted by atomic mass is 9.90. The second-order valence-electron chi connectivity index (χ2n) is 6.21. The van der Waals surface area contributed by atoms with Gasteiger partial charge in [-0.05, 0) is 35.2 Å². The Labute approximate surface area is 145 Å². The van der Waals surface area contributed by atoms with Crippen LogP contribution in [-0.2, 0) is 6.54 Å². The van der Waals surface area contributed by atoms with Crippen molar-refractivity contribution < 1.29 is 19.7 Å². The van der Waals surface area contributed by atoms with Crippen LogP contribution in [0.1, 0.15) is 5.56 Å². The number of benzene rings is 3.